The van der Waals surface area contributed by atoms with Crippen LogP contribution >= 0.6 is 0 Å². The average molecular weight is 598 g/mol. The Labute approximate surface area is 239 Å². The fourth-order valence-corrected chi connectivity index (χ4v) is 7.74. The first-order valence-electron chi connectivity index (χ1n) is 13.5. The van der Waals surface area contributed by atoms with Gasteiger partial charge in [0.15, 0.2) is 0 Å². The minimum absolute atomic E-state index is 0.00866. The van der Waals surface area contributed by atoms with Crippen molar-refractivity contribution >= 4 is 30.3 Å². The minimum atomic E-state index is -0.748. The number of rotatable bonds is 8. The van der Waals surface area contributed by atoms with Gasteiger partial charge in [0, 0.05) is 0 Å². The Kier molecular flexibility index (Phi) is 7.44. The van der Waals surface area contributed by atoms with Gasteiger partial charge in [-0.15, -0.1) is 0 Å². The van der Waals surface area contributed by atoms with Crippen LogP contribution in [0.1, 0.15) is 29.5 Å². The van der Waals surface area contributed by atoms with E-state index in [2.05, 4.69) is 31.2 Å². The first-order valence-corrected chi connectivity index (χ1v) is 15.1. The molecule has 1 aliphatic heterocycles. The maximum atomic E-state index is 13.5. The zero-order chi connectivity index (χ0) is 27.6. The van der Waals surface area contributed by atoms with Crippen molar-refractivity contribution in [1.29, 1.82) is 0 Å². The number of carboxylic acid groups (broad SMARTS) is 1. The van der Waals surface area contributed by atoms with Crippen LogP contribution in [0.25, 0.3) is 26.5 Å². The van der Waals surface area contributed by atoms with E-state index in [4.69, 9.17) is 4.74 Å². The second kappa shape index (κ2) is 11.3. The number of carbonyl (C=O) groups is 1. The van der Waals surface area contributed by atoms with Crippen molar-refractivity contribution < 1.29 is 14.6 Å². The molecule has 1 fully saturated rings. The van der Waals surface area contributed by atoms with Crippen LogP contribution in [-0.2, 0) is 17.9 Å². The fraction of sp³-hybridized carbons (Fsp3) is 0.212. The number of aromatic nitrogens is 1. The summed E-state index contributed by atoms with van der Waals surface area (Å²) in [6.07, 6.45) is 1.61. The van der Waals surface area contributed by atoms with E-state index in [1.54, 1.807) is 0 Å². The Morgan fingerprint density at radius 2 is 1.77 bits per heavy atom. The Morgan fingerprint density at radius 1 is 0.975 bits per heavy atom. The van der Waals surface area contributed by atoms with Crippen LogP contribution in [0.15, 0.2) is 95.8 Å². The van der Waals surface area contributed by atoms with Crippen molar-refractivity contribution in [3.8, 4) is 22.6 Å². The van der Waals surface area contributed by atoms with Gasteiger partial charge in [-0.1, -0.05) is 0 Å². The number of ether oxygens (including phenoxy) is 1. The molecule has 7 heteroatoms. The van der Waals surface area contributed by atoms with Gasteiger partial charge in [0.25, 0.3) is 0 Å². The van der Waals surface area contributed by atoms with Gasteiger partial charge < -0.3 is 5.11 Å². The Balaban J connectivity index is 1.21. The molecular weight excluding hydrogens is 567 g/mol. The van der Waals surface area contributed by atoms with Gasteiger partial charge in [-0.3, -0.25) is 4.79 Å². The molecule has 0 amide bonds. The Bertz CT molecular complexity index is 1740. The molecule has 2 heterocycles. The predicted octanol–water partition coefficient (Wildman–Crippen LogP) is 5.65. The molecule has 6 rings (SSSR count). The summed E-state index contributed by atoms with van der Waals surface area (Å²) in [7, 11) is 0. The van der Waals surface area contributed by atoms with E-state index >= 15 is 0 Å². The second-order valence-corrected chi connectivity index (χ2v) is 12.3. The molecule has 0 spiro atoms. The van der Waals surface area contributed by atoms with Crippen molar-refractivity contribution in [1.82, 2.24) is 8.46 Å². The molecule has 202 valence electrons. The maximum absolute atomic E-state index is 13.5. The van der Waals surface area contributed by atoms with E-state index in [1.807, 2.05) is 75.2 Å². The van der Waals surface area contributed by atoms with E-state index in [1.165, 1.54) is 0 Å². The van der Waals surface area contributed by atoms with Gasteiger partial charge in [0.2, 0.25) is 0 Å². The van der Waals surface area contributed by atoms with E-state index in [-0.39, 0.29) is 20.3 Å². The van der Waals surface area contributed by atoms with Crippen molar-refractivity contribution in [2.24, 2.45) is 0 Å². The molecule has 1 aliphatic rings. The summed E-state index contributed by atoms with van der Waals surface area (Å²) in [5.41, 5.74) is 6.41. The quantitative estimate of drug-likeness (QED) is 0.234. The molecule has 1 aromatic heterocycles. The number of fused-ring (bicyclic) bond motifs is 1. The topological polar surface area (TPSA) is 71.8 Å². The van der Waals surface area contributed by atoms with Crippen molar-refractivity contribution in [3.63, 3.8) is 0 Å². The first kappa shape index (κ1) is 26.3. The molecular formula is C33H30N2O4Se. The molecule has 5 aromatic rings. The third-order valence-corrected chi connectivity index (χ3v) is 9.90. The van der Waals surface area contributed by atoms with Crippen molar-refractivity contribution in [3.05, 3.63) is 118 Å². The van der Waals surface area contributed by atoms with E-state index in [9.17, 15) is 14.7 Å². The Morgan fingerprint density at radius 3 is 2.60 bits per heavy atom. The van der Waals surface area contributed by atoms with E-state index in [0.29, 0.717) is 30.7 Å². The molecule has 0 radical (unpaired) electrons. The van der Waals surface area contributed by atoms with Gasteiger partial charge in [-0.2, -0.15) is 0 Å². The van der Waals surface area contributed by atoms with E-state index < -0.39 is 12.0 Å². The molecule has 0 saturated carbocycles. The van der Waals surface area contributed by atoms with Crippen LogP contribution in [0, 0.1) is 6.92 Å². The molecule has 0 aliphatic carbocycles. The van der Waals surface area contributed by atoms with Crippen LogP contribution in [0.2, 0.25) is 0 Å². The summed E-state index contributed by atoms with van der Waals surface area (Å²) < 4.78 is 9.08. The van der Waals surface area contributed by atoms with Gasteiger partial charge >= 0.3 is 217 Å². The summed E-state index contributed by atoms with van der Waals surface area (Å²) in [5.74, 6) is -0.0856. The van der Waals surface area contributed by atoms with Crippen molar-refractivity contribution in [2.75, 3.05) is 6.54 Å². The molecule has 1 N–H and O–H groups in total. The van der Waals surface area contributed by atoms with Gasteiger partial charge in [-0.25, -0.2) is 0 Å². The van der Waals surface area contributed by atoms with Crippen LogP contribution in [0.5, 0.6) is 5.75 Å². The third-order valence-electron chi connectivity index (χ3n) is 7.60. The second-order valence-electron chi connectivity index (χ2n) is 10.2. The SMILES string of the molecule is Cc1c(-c2ccccc2)cccc1-n1[se]c2ccc(OCc3cccc(CN4CCC[C@H]4C(=O)O)c3)cc2c1=O. The normalized spacial score (nSPS) is 15.5. The summed E-state index contributed by atoms with van der Waals surface area (Å²) >= 11 is -0.150. The molecule has 1 atom stereocenters. The summed E-state index contributed by atoms with van der Waals surface area (Å²) in [6, 6.07) is 29.9. The molecule has 0 unspecified atom stereocenters. The van der Waals surface area contributed by atoms with Crippen LogP contribution in [0.4, 0.5) is 0 Å². The third kappa shape index (κ3) is 5.28. The van der Waals surface area contributed by atoms with E-state index in [0.717, 1.165) is 50.7 Å². The summed E-state index contributed by atoms with van der Waals surface area (Å²) in [6.45, 7) is 3.87. The molecule has 0 bridgehead atoms. The predicted molar refractivity (Wildman–Crippen MR) is 158 cm³/mol. The van der Waals surface area contributed by atoms with Crippen molar-refractivity contribution in [2.45, 2.75) is 39.0 Å². The first-order chi connectivity index (χ1) is 19.5. The number of likely N-dealkylation sites (tertiary alicyclic amines) is 1. The van der Waals surface area contributed by atoms with Gasteiger partial charge in [0.1, 0.15) is 0 Å². The number of carboxylic acids is 1. The molecule has 1 saturated heterocycles. The number of benzene rings is 4. The number of nitrogens with zero attached hydrogens (tertiary/aromatic N) is 2. The van der Waals surface area contributed by atoms with Crippen LogP contribution < -0.4 is 10.3 Å². The fourth-order valence-electron chi connectivity index (χ4n) is 5.54. The number of aliphatic carboxylic acids is 1. The Hall–Kier alpha value is -3.90. The molecule has 40 heavy (non-hydrogen) atoms. The summed E-state index contributed by atoms with van der Waals surface area (Å²) in [4.78, 5) is 27.1. The zero-order valence-electron chi connectivity index (χ0n) is 22.2. The monoisotopic (exact) mass is 598 g/mol. The summed E-state index contributed by atoms with van der Waals surface area (Å²) in [5, 5.41) is 10.2. The molecule has 4 aromatic carbocycles. The number of hydrogen-bond acceptors (Lipinski definition) is 4. The van der Waals surface area contributed by atoms with Gasteiger partial charge in [-0.05, 0) is 12.8 Å². The zero-order valence-corrected chi connectivity index (χ0v) is 24.0. The standard InChI is InChI=1S/C33H30N2O4Se/c1-22-27(25-10-3-2-4-11-25)12-6-13-29(22)35-32(36)28-19-26(15-16-31(28)40-35)39-21-24-9-5-8-23(18-24)20-34-17-7-14-30(34)33(37)38/h2-6,8-13,15-16,18-19,30H,7,14,17,20-21H2,1H3,(H,37,38)/t30-/m0/s1. The van der Waals surface area contributed by atoms with Crippen LogP contribution in [-0.4, -0.2) is 46.9 Å². The van der Waals surface area contributed by atoms with Crippen LogP contribution in [0.3, 0.4) is 0 Å². The van der Waals surface area contributed by atoms with Gasteiger partial charge in [0.05, 0.1) is 0 Å². The average Bonchev–Trinajstić information content (AvgIpc) is 3.57. The molecule has 6 nitrogen and oxygen atoms in total. The number of hydrogen-bond donors (Lipinski definition) is 1.